The van der Waals surface area contributed by atoms with Gasteiger partial charge in [0, 0.05) is 32.1 Å². The smallest absolute Gasteiger partial charge is 0.237 e. The van der Waals surface area contributed by atoms with Crippen LogP contribution in [0.25, 0.3) is 0 Å². The number of hydrogen-bond donors (Lipinski definition) is 2. The summed E-state index contributed by atoms with van der Waals surface area (Å²) >= 11 is 0. The number of carbonyl (C=O) groups excluding carboxylic acids is 2. The van der Waals surface area contributed by atoms with Crippen molar-refractivity contribution in [1.82, 2.24) is 15.5 Å². The fraction of sp³-hybridized carbons (Fsp3) is 0.364. The lowest BCUT2D eigenvalue weighted by molar-refractivity contribution is -0.134. The molecule has 2 aromatic rings. The number of rotatable bonds is 7. The third-order valence-electron chi connectivity index (χ3n) is 5.02. The molecule has 5 nitrogen and oxygen atoms in total. The maximum atomic E-state index is 12.5. The Bertz CT molecular complexity index is 709. The molecule has 2 amide bonds. The van der Waals surface area contributed by atoms with Gasteiger partial charge in [-0.05, 0) is 18.1 Å². The standard InChI is InChI=1S/C22H27N3O2/c1-2-23-21(26)15-20-22(27)24-13-14-25(20)16-19(17-9-5-3-6-10-17)18-11-7-4-8-12-18/h3-12,19-20H,2,13-16H2,1H3,(H,23,26)(H,24,27). The van der Waals surface area contributed by atoms with Crippen LogP contribution in [0.4, 0.5) is 0 Å². The number of carbonyl (C=O) groups is 2. The van der Waals surface area contributed by atoms with Crippen molar-refractivity contribution < 1.29 is 9.59 Å². The van der Waals surface area contributed by atoms with E-state index in [2.05, 4.69) is 39.8 Å². The molecule has 0 saturated carbocycles. The lowest BCUT2D eigenvalue weighted by Crippen LogP contribution is -2.57. The first-order valence-corrected chi connectivity index (χ1v) is 9.57. The first-order valence-electron chi connectivity index (χ1n) is 9.57. The fourth-order valence-corrected chi connectivity index (χ4v) is 3.66. The monoisotopic (exact) mass is 365 g/mol. The second-order valence-electron chi connectivity index (χ2n) is 6.83. The molecule has 0 aliphatic carbocycles. The SMILES string of the molecule is CCNC(=O)CC1C(=O)NCCN1CC(c1ccccc1)c1ccccc1. The third-order valence-corrected chi connectivity index (χ3v) is 5.02. The van der Waals surface area contributed by atoms with Gasteiger partial charge in [-0.2, -0.15) is 0 Å². The lowest BCUT2D eigenvalue weighted by atomic mass is 9.90. The molecule has 5 heteroatoms. The minimum absolute atomic E-state index is 0.0626. The molecule has 27 heavy (non-hydrogen) atoms. The van der Waals surface area contributed by atoms with Crippen molar-refractivity contribution in [2.75, 3.05) is 26.2 Å². The molecule has 0 spiro atoms. The first kappa shape index (κ1) is 19.1. The van der Waals surface area contributed by atoms with E-state index in [1.807, 2.05) is 43.3 Å². The van der Waals surface area contributed by atoms with Crippen molar-refractivity contribution in [3.63, 3.8) is 0 Å². The molecular formula is C22H27N3O2. The summed E-state index contributed by atoms with van der Waals surface area (Å²) in [4.78, 5) is 26.7. The van der Waals surface area contributed by atoms with Gasteiger partial charge < -0.3 is 10.6 Å². The van der Waals surface area contributed by atoms with E-state index < -0.39 is 6.04 Å². The van der Waals surface area contributed by atoms with Gasteiger partial charge in [-0.15, -0.1) is 0 Å². The Hall–Kier alpha value is -2.66. The van der Waals surface area contributed by atoms with Crippen LogP contribution in [0.15, 0.2) is 60.7 Å². The van der Waals surface area contributed by atoms with Crippen LogP contribution in [0.2, 0.25) is 0 Å². The van der Waals surface area contributed by atoms with Gasteiger partial charge in [0.2, 0.25) is 11.8 Å². The highest BCUT2D eigenvalue weighted by Gasteiger charge is 2.33. The topological polar surface area (TPSA) is 61.4 Å². The van der Waals surface area contributed by atoms with E-state index in [0.29, 0.717) is 19.6 Å². The maximum absolute atomic E-state index is 12.5. The molecule has 1 aliphatic rings. The Kier molecular flexibility index (Phi) is 6.60. The van der Waals surface area contributed by atoms with Crippen molar-refractivity contribution in [2.24, 2.45) is 0 Å². The van der Waals surface area contributed by atoms with Crippen LogP contribution in [-0.2, 0) is 9.59 Å². The number of benzene rings is 2. The molecule has 0 radical (unpaired) electrons. The van der Waals surface area contributed by atoms with Gasteiger partial charge in [-0.25, -0.2) is 0 Å². The van der Waals surface area contributed by atoms with Crippen LogP contribution >= 0.6 is 0 Å². The van der Waals surface area contributed by atoms with Gasteiger partial charge in [0.05, 0.1) is 12.5 Å². The molecule has 1 saturated heterocycles. The van der Waals surface area contributed by atoms with E-state index in [4.69, 9.17) is 0 Å². The highest BCUT2D eigenvalue weighted by molar-refractivity contribution is 5.88. The third kappa shape index (κ3) is 4.95. The maximum Gasteiger partial charge on any atom is 0.237 e. The van der Waals surface area contributed by atoms with E-state index in [1.165, 1.54) is 11.1 Å². The average molecular weight is 365 g/mol. The molecule has 1 heterocycles. The van der Waals surface area contributed by atoms with Gasteiger partial charge in [0.15, 0.2) is 0 Å². The Morgan fingerprint density at radius 1 is 1.11 bits per heavy atom. The molecule has 142 valence electrons. The first-order chi connectivity index (χ1) is 13.2. The van der Waals surface area contributed by atoms with Gasteiger partial charge in [-0.3, -0.25) is 14.5 Å². The number of nitrogens with zero attached hydrogens (tertiary/aromatic N) is 1. The summed E-state index contributed by atoms with van der Waals surface area (Å²) in [6.07, 6.45) is 0.190. The van der Waals surface area contributed by atoms with Gasteiger partial charge in [0.25, 0.3) is 0 Å². The van der Waals surface area contributed by atoms with Crippen molar-refractivity contribution in [3.8, 4) is 0 Å². The molecular weight excluding hydrogens is 338 g/mol. The van der Waals surface area contributed by atoms with Crippen molar-refractivity contribution in [3.05, 3.63) is 71.8 Å². The summed E-state index contributed by atoms with van der Waals surface area (Å²) in [7, 11) is 0. The van der Waals surface area contributed by atoms with Crippen molar-refractivity contribution in [2.45, 2.75) is 25.3 Å². The normalized spacial score (nSPS) is 17.6. The zero-order chi connectivity index (χ0) is 19.1. The summed E-state index contributed by atoms with van der Waals surface area (Å²) in [5.41, 5.74) is 2.43. The second-order valence-corrected chi connectivity index (χ2v) is 6.83. The molecule has 1 fully saturated rings. The van der Waals surface area contributed by atoms with E-state index in [-0.39, 0.29) is 24.2 Å². The number of piperazine rings is 1. The summed E-state index contributed by atoms with van der Waals surface area (Å²) < 4.78 is 0. The zero-order valence-corrected chi connectivity index (χ0v) is 15.7. The van der Waals surface area contributed by atoms with E-state index in [0.717, 1.165) is 6.54 Å². The molecule has 1 atom stereocenters. The van der Waals surface area contributed by atoms with E-state index in [9.17, 15) is 9.59 Å². The molecule has 1 aliphatic heterocycles. The van der Waals surface area contributed by atoms with Crippen LogP contribution in [0, 0.1) is 0 Å². The predicted octanol–water partition coefficient (Wildman–Crippen LogP) is 2.15. The van der Waals surface area contributed by atoms with Crippen LogP contribution in [0.5, 0.6) is 0 Å². The van der Waals surface area contributed by atoms with Crippen molar-refractivity contribution in [1.29, 1.82) is 0 Å². The predicted molar refractivity (Wildman–Crippen MR) is 106 cm³/mol. The number of nitrogens with one attached hydrogen (secondary N) is 2. The fourth-order valence-electron chi connectivity index (χ4n) is 3.66. The molecule has 2 N–H and O–H groups in total. The average Bonchev–Trinajstić information content (AvgIpc) is 2.70. The van der Waals surface area contributed by atoms with Crippen LogP contribution < -0.4 is 10.6 Å². The van der Waals surface area contributed by atoms with Gasteiger partial charge >= 0.3 is 0 Å². The van der Waals surface area contributed by atoms with E-state index in [1.54, 1.807) is 0 Å². The zero-order valence-electron chi connectivity index (χ0n) is 15.7. The van der Waals surface area contributed by atoms with E-state index >= 15 is 0 Å². The van der Waals surface area contributed by atoms with Crippen LogP contribution in [-0.4, -0.2) is 48.9 Å². The Morgan fingerprint density at radius 2 is 1.70 bits per heavy atom. The largest absolute Gasteiger partial charge is 0.356 e. The summed E-state index contributed by atoms with van der Waals surface area (Å²) in [6, 6.07) is 20.3. The van der Waals surface area contributed by atoms with Crippen LogP contribution in [0.1, 0.15) is 30.4 Å². The number of hydrogen-bond acceptors (Lipinski definition) is 3. The Balaban J connectivity index is 1.84. The Morgan fingerprint density at radius 3 is 2.26 bits per heavy atom. The summed E-state index contributed by atoms with van der Waals surface area (Å²) in [5, 5.41) is 5.71. The van der Waals surface area contributed by atoms with Gasteiger partial charge in [0.1, 0.15) is 0 Å². The molecule has 3 rings (SSSR count). The second kappa shape index (κ2) is 9.33. The highest BCUT2D eigenvalue weighted by atomic mass is 16.2. The molecule has 1 unspecified atom stereocenters. The molecule has 0 bridgehead atoms. The minimum atomic E-state index is -0.430. The lowest BCUT2D eigenvalue weighted by Gasteiger charge is -2.37. The summed E-state index contributed by atoms with van der Waals surface area (Å²) in [5.74, 6) is 0.00272. The minimum Gasteiger partial charge on any atom is -0.356 e. The molecule has 2 aromatic carbocycles. The Labute approximate surface area is 160 Å². The van der Waals surface area contributed by atoms with Crippen molar-refractivity contribution >= 4 is 11.8 Å². The number of amides is 2. The summed E-state index contributed by atoms with van der Waals surface area (Å²) in [6.45, 7) is 4.51. The van der Waals surface area contributed by atoms with Crippen LogP contribution in [0.3, 0.4) is 0 Å². The highest BCUT2D eigenvalue weighted by Crippen LogP contribution is 2.27. The molecule has 0 aromatic heterocycles. The van der Waals surface area contributed by atoms with Gasteiger partial charge in [-0.1, -0.05) is 60.7 Å². The quantitative estimate of drug-likeness (QED) is 0.790.